The average Bonchev–Trinajstić information content (AvgIpc) is 2.17. The lowest BCUT2D eigenvalue weighted by Crippen LogP contribution is -2.31. The lowest BCUT2D eigenvalue weighted by Gasteiger charge is -2.19. The van der Waals surface area contributed by atoms with Crippen molar-refractivity contribution in [3.05, 3.63) is 0 Å². The van der Waals surface area contributed by atoms with Gasteiger partial charge in [0.25, 0.3) is 0 Å². The van der Waals surface area contributed by atoms with Gasteiger partial charge in [-0.25, -0.2) is 0 Å². The highest BCUT2D eigenvalue weighted by atomic mass is 16.5. The van der Waals surface area contributed by atoms with Gasteiger partial charge < -0.3 is 19.5 Å². The van der Waals surface area contributed by atoms with Gasteiger partial charge in [-0.05, 0) is 26.8 Å². The van der Waals surface area contributed by atoms with Crippen molar-refractivity contribution in [2.75, 3.05) is 40.5 Å². The Kier molecular flexibility index (Phi) is 10.3. The minimum Gasteiger partial charge on any atom is -0.385 e. The summed E-state index contributed by atoms with van der Waals surface area (Å²) in [5.74, 6) is 0. The van der Waals surface area contributed by atoms with Crippen molar-refractivity contribution >= 4 is 0 Å². The molecule has 4 heteroatoms. The Bertz CT molecular complexity index is 133. The van der Waals surface area contributed by atoms with Crippen molar-refractivity contribution in [3.63, 3.8) is 0 Å². The lowest BCUT2D eigenvalue weighted by molar-refractivity contribution is -0.0300. The Hall–Kier alpha value is -0.160. The molecule has 0 fully saturated rings. The van der Waals surface area contributed by atoms with E-state index < -0.39 is 0 Å². The second-order valence-corrected chi connectivity index (χ2v) is 3.76. The highest BCUT2D eigenvalue weighted by Crippen LogP contribution is 1.97. The number of methoxy groups -OCH3 is 2. The fourth-order valence-electron chi connectivity index (χ4n) is 1.37. The fourth-order valence-corrected chi connectivity index (χ4v) is 1.37. The molecule has 0 aliphatic rings. The van der Waals surface area contributed by atoms with E-state index in [1.54, 1.807) is 14.2 Å². The summed E-state index contributed by atoms with van der Waals surface area (Å²) in [6.07, 6.45) is 1.42. The molecule has 0 aromatic carbocycles. The van der Waals surface area contributed by atoms with Crippen molar-refractivity contribution in [3.8, 4) is 0 Å². The van der Waals surface area contributed by atoms with E-state index in [-0.39, 0.29) is 12.2 Å². The molecule has 0 aliphatic carbocycles. The van der Waals surface area contributed by atoms with Crippen LogP contribution in [0.2, 0.25) is 0 Å². The molecular weight excluding hydrogens is 194 g/mol. The maximum Gasteiger partial charge on any atom is 0.0784 e. The molecule has 92 valence electrons. The summed E-state index contributed by atoms with van der Waals surface area (Å²) < 4.78 is 15.6. The Labute approximate surface area is 93.3 Å². The molecular formula is C11H25NO3. The largest absolute Gasteiger partial charge is 0.385 e. The van der Waals surface area contributed by atoms with Crippen molar-refractivity contribution in [2.24, 2.45) is 0 Å². The lowest BCUT2D eigenvalue weighted by atomic mass is 10.3. The third-order valence-corrected chi connectivity index (χ3v) is 2.00. The minimum absolute atomic E-state index is 0.158. The van der Waals surface area contributed by atoms with Gasteiger partial charge in [0.15, 0.2) is 0 Å². The Morgan fingerprint density at radius 3 is 2.40 bits per heavy atom. The van der Waals surface area contributed by atoms with Crippen LogP contribution in [-0.4, -0.2) is 52.7 Å². The van der Waals surface area contributed by atoms with E-state index in [1.807, 2.05) is 6.92 Å². The smallest absolute Gasteiger partial charge is 0.0784 e. The highest BCUT2D eigenvalue weighted by molar-refractivity contribution is 4.58. The van der Waals surface area contributed by atoms with Crippen LogP contribution in [0, 0.1) is 0 Å². The van der Waals surface area contributed by atoms with E-state index in [0.29, 0.717) is 6.61 Å². The highest BCUT2D eigenvalue weighted by Gasteiger charge is 2.07. The van der Waals surface area contributed by atoms with Crippen LogP contribution in [0.5, 0.6) is 0 Å². The SMILES string of the molecule is COCCCNCC(C)OC(C)COC. The van der Waals surface area contributed by atoms with Gasteiger partial charge in [-0.15, -0.1) is 0 Å². The fraction of sp³-hybridized carbons (Fsp3) is 1.00. The maximum absolute atomic E-state index is 5.68. The first-order valence-corrected chi connectivity index (χ1v) is 5.54. The van der Waals surface area contributed by atoms with Crippen LogP contribution < -0.4 is 5.32 Å². The molecule has 0 saturated carbocycles. The van der Waals surface area contributed by atoms with Crippen LogP contribution in [0.25, 0.3) is 0 Å². The summed E-state index contributed by atoms with van der Waals surface area (Å²) in [6.45, 7) is 7.38. The molecule has 15 heavy (non-hydrogen) atoms. The zero-order chi connectivity index (χ0) is 11.5. The van der Waals surface area contributed by atoms with Crippen molar-refractivity contribution in [1.82, 2.24) is 5.32 Å². The third-order valence-electron chi connectivity index (χ3n) is 2.00. The normalized spacial score (nSPS) is 15.2. The predicted molar refractivity (Wildman–Crippen MR) is 61.2 cm³/mol. The summed E-state index contributed by atoms with van der Waals surface area (Å²) in [6, 6.07) is 0. The molecule has 0 heterocycles. The maximum atomic E-state index is 5.68. The molecule has 0 aromatic rings. The van der Waals surface area contributed by atoms with Crippen molar-refractivity contribution < 1.29 is 14.2 Å². The first kappa shape index (κ1) is 14.8. The standard InChI is InChI=1S/C11H25NO3/c1-10(15-11(2)9-14-4)8-12-6-5-7-13-3/h10-12H,5-9H2,1-4H3. The van der Waals surface area contributed by atoms with Gasteiger partial charge in [0, 0.05) is 27.4 Å². The Morgan fingerprint density at radius 2 is 1.80 bits per heavy atom. The van der Waals surface area contributed by atoms with Gasteiger partial charge >= 0.3 is 0 Å². The third kappa shape index (κ3) is 10.1. The van der Waals surface area contributed by atoms with Gasteiger partial charge in [-0.2, -0.15) is 0 Å². The number of rotatable bonds is 10. The predicted octanol–water partition coefficient (Wildman–Crippen LogP) is 1.05. The number of nitrogens with one attached hydrogen (secondary N) is 1. The second-order valence-electron chi connectivity index (χ2n) is 3.76. The van der Waals surface area contributed by atoms with Crippen LogP contribution in [-0.2, 0) is 14.2 Å². The molecule has 0 rings (SSSR count). The monoisotopic (exact) mass is 219 g/mol. The molecule has 2 unspecified atom stereocenters. The molecule has 0 spiro atoms. The first-order valence-electron chi connectivity index (χ1n) is 5.54. The van der Waals surface area contributed by atoms with Crippen LogP contribution in [0.3, 0.4) is 0 Å². The van der Waals surface area contributed by atoms with Gasteiger partial charge in [0.1, 0.15) is 0 Å². The molecule has 0 radical (unpaired) electrons. The van der Waals surface area contributed by atoms with E-state index >= 15 is 0 Å². The summed E-state index contributed by atoms with van der Waals surface area (Å²) >= 11 is 0. The van der Waals surface area contributed by atoms with Crippen LogP contribution in [0.15, 0.2) is 0 Å². The molecule has 1 N–H and O–H groups in total. The molecule has 0 aliphatic heterocycles. The van der Waals surface area contributed by atoms with Crippen molar-refractivity contribution in [1.29, 1.82) is 0 Å². The van der Waals surface area contributed by atoms with Crippen molar-refractivity contribution in [2.45, 2.75) is 32.5 Å². The molecule has 0 aromatic heterocycles. The summed E-state index contributed by atoms with van der Waals surface area (Å²) in [7, 11) is 3.41. The molecule has 0 saturated heterocycles. The van der Waals surface area contributed by atoms with Gasteiger partial charge in [0.05, 0.1) is 18.8 Å². The molecule has 0 bridgehead atoms. The van der Waals surface area contributed by atoms with Gasteiger partial charge in [0.2, 0.25) is 0 Å². The molecule has 4 nitrogen and oxygen atoms in total. The quantitative estimate of drug-likeness (QED) is 0.558. The minimum atomic E-state index is 0.158. The van der Waals surface area contributed by atoms with Crippen LogP contribution >= 0.6 is 0 Å². The van der Waals surface area contributed by atoms with E-state index in [2.05, 4.69) is 12.2 Å². The summed E-state index contributed by atoms with van der Waals surface area (Å²) in [5, 5.41) is 3.32. The van der Waals surface area contributed by atoms with E-state index in [9.17, 15) is 0 Å². The second kappa shape index (κ2) is 10.4. The van der Waals surface area contributed by atoms with Crippen LogP contribution in [0.4, 0.5) is 0 Å². The Morgan fingerprint density at radius 1 is 1.07 bits per heavy atom. The first-order chi connectivity index (χ1) is 7.20. The summed E-state index contributed by atoms with van der Waals surface area (Å²) in [4.78, 5) is 0. The van der Waals surface area contributed by atoms with E-state index in [0.717, 1.165) is 26.1 Å². The van der Waals surface area contributed by atoms with E-state index in [4.69, 9.17) is 14.2 Å². The van der Waals surface area contributed by atoms with Crippen LogP contribution in [0.1, 0.15) is 20.3 Å². The zero-order valence-corrected chi connectivity index (χ0v) is 10.4. The Balaban J connectivity index is 3.28. The van der Waals surface area contributed by atoms with E-state index in [1.165, 1.54) is 0 Å². The topological polar surface area (TPSA) is 39.7 Å². The number of hydrogen-bond donors (Lipinski definition) is 1. The summed E-state index contributed by atoms with van der Waals surface area (Å²) in [5.41, 5.74) is 0. The van der Waals surface area contributed by atoms with Gasteiger partial charge in [-0.1, -0.05) is 0 Å². The molecule has 2 atom stereocenters. The average molecular weight is 219 g/mol. The number of hydrogen-bond acceptors (Lipinski definition) is 4. The zero-order valence-electron chi connectivity index (χ0n) is 10.4. The van der Waals surface area contributed by atoms with Gasteiger partial charge in [-0.3, -0.25) is 0 Å². The molecule has 0 amide bonds. The number of ether oxygens (including phenoxy) is 3.